The van der Waals surface area contributed by atoms with Crippen molar-refractivity contribution in [3.63, 3.8) is 0 Å². The number of hydrogen-bond donors (Lipinski definition) is 0. The summed E-state index contributed by atoms with van der Waals surface area (Å²) < 4.78 is 26.5. The van der Waals surface area contributed by atoms with E-state index in [1.165, 1.54) is 23.5 Å². The second-order valence-electron chi connectivity index (χ2n) is 8.22. The summed E-state index contributed by atoms with van der Waals surface area (Å²) in [5, 5.41) is 0. The number of hydrogen-bond acceptors (Lipinski definition) is 6. The molecule has 0 aliphatic carbocycles. The summed E-state index contributed by atoms with van der Waals surface area (Å²) in [4.78, 5) is 34.4. The number of fused-ring (bicyclic) bond motifs is 1. The fourth-order valence-electron chi connectivity index (χ4n) is 4.33. The molecule has 36 heavy (non-hydrogen) atoms. The first kappa shape index (κ1) is 25.4. The van der Waals surface area contributed by atoms with Gasteiger partial charge in [-0.3, -0.25) is 14.2 Å². The summed E-state index contributed by atoms with van der Waals surface area (Å²) in [5.41, 5.74) is 1.96. The molecule has 1 amide bonds. The highest BCUT2D eigenvalue weighted by Crippen LogP contribution is 2.38. The summed E-state index contributed by atoms with van der Waals surface area (Å²) >= 11 is 1.22. The lowest BCUT2D eigenvalue weighted by Gasteiger charge is -2.30. The molecule has 0 saturated heterocycles. The third kappa shape index (κ3) is 4.58. The number of carbonyl (C=O) groups excluding carboxylic acids is 1. The van der Waals surface area contributed by atoms with Crippen LogP contribution in [0.25, 0.3) is 6.08 Å². The zero-order valence-electron chi connectivity index (χ0n) is 20.9. The van der Waals surface area contributed by atoms with Crippen molar-refractivity contribution >= 4 is 23.3 Å². The minimum Gasteiger partial charge on any atom is -0.497 e. The van der Waals surface area contributed by atoms with Gasteiger partial charge in [0.15, 0.2) is 4.80 Å². The molecule has 0 N–H and O–H groups in total. The number of methoxy groups -OCH3 is 2. The standard InChI is InChI=1S/C27H28FN3O4S/c1-6-30(7-2)26(33)23-16(3)29-27-31(24(23)20-15-19(34-4)12-13-21(20)35-5)25(32)22(36-27)14-17-8-10-18(28)11-9-17/h8-15,24H,6-7H2,1-5H3/b22-14+/t24-/m0/s1. The molecule has 0 saturated carbocycles. The van der Waals surface area contributed by atoms with Gasteiger partial charge in [0.1, 0.15) is 23.4 Å². The number of aromatic nitrogens is 1. The smallest absolute Gasteiger partial charge is 0.271 e. The summed E-state index contributed by atoms with van der Waals surface area (Å²) in [6, 6.07) is 10.5. The molecule has 0 fully saturated rings. The molecule has 0 radical (unpaired) electrons. The second kappa shape index (κ2) is 10.5. The van der Waals surface area contributed by atoms with Gasteiger partial charge in [-0.25, -0.2) is 9.38 Å². The predicted octanol–water partition coefficient (Wildman–Crippen LogP) is 3.26. The first-order valence-electron chi connectivity index (χ1n) is 11.6. The van der Waals surface area contributed by atoms with Gasteiger partial charge in [0, 0.05) is 18.7 Å². The van der Waals surface area contributed by atoms with Gasteiger partial charge in [-0.1, -0.05) is 23.5 Å². The molecule has 1 aromatic heterocycles. The van der Waals surface area contributed by atoms with E-state index in [1.807, 2.05) is 13.8 Å². The highest BCUT2D eigenvalue weighted by Gasteiger charge is 2.36. The molecule has 1 aliphatic rings. The maximum Gasteiger partial charge on any atom is 0.271 e. The molecule has 1 atom stereocenters. The molecule has 188 valence electrons. The molecular formula is C27H28FN3O4S. The van der Waals surface area contributed by atoms with Crippen molar-refractivity contribution < 1.29 is 18.7 Å². The van der Waals surface area contributed by atoms with Crippen LogP contribution in [0.2, 0.25) is 0 Å². The number of benzene rings is 2. The number of likely N-dealkylation sites (N-methyl/N-ethyl adjacent to an activating group) is 1. The normalized spacial score (nSPS) is 15.4. The van der Waals surface area contributed by atoms with Gasteiger partial charge < -0.3 is 14.4 Å². The Hall–Kier alpha value is -3.72. The molecule has 0 bridgehead atoms. The van der Waals surface area contributed by atoms with Gasteiger partial charge in [-0.2, -0.15) is 0 Å². The topological polar surface area (TPSA) is 73.1 Å². The summed E-state index contributed by atoms with van der Waals surface area (Å²) in [6.07, 6.45) is 1.70. The summed E-state index contributed by atoms with van der Waals surface area (Å²) in [5.74, 6) is 0.551. The van der Waals surface area contributed by atoms with Crippen molar-refractivity contribution in [3.8, 4) is 11.5 Å². The molecule has 2 aromatic carbocycles. The molecule has 1 aliphatic heterocycles. The minimum atomic E-state index is -0.769. The van der Waals surface area contributed by atoms with Crippen LogP contribution < -0.4 is 24.4 Å². The first-order valence-corrected chi connectivity index (χ1v) is 12.4. The monoisotopic (exact) mass is 509 g/mol. The van der Waals surface area contributed by atoms with E-state index in [4.69, 9.17) is 9.47 Å². The van der Waals surface area contributed by atoms with Gasteiger partial charge in [-0.05, 0) is 62.7 Å². The lowest BCUT2D eigenvalue weighted by atomic mass is 9.93. The van der Waals surface area contributed by atoms with Crippen LogP contribution in [0.5, 0.6) is 11.5 Å². The number of ether oxygens (including phenoxy) is 2. The van der Waals surface area contributed by atoms with Crippen molar-refractivity contribution in [1.82, 2.24) is 9.47 Å². The van der Waals surface area contributed by atoms with E-state index in [9.17, 15) is 14.0 Å². The molecular weight excluding hydrogens is 481 g/mol. The van der Waals surface area contributed by atoms with Crippen LogP contribution in [0.15, 0.2) is 63.5 Å². The highest BCUT2D eigenvalue weighted by atomic mass is 32.1. The number of allylic oxidation sites excluding steroid dienone is 1. The van der Waals surface area contributed by atoms with Crippen molar-refractivity contribution in [2.75, 3.05) is 27.3 Å². The van der Waals surface area contributed by atoms with Gasteiger partial charge in [0.25, 0.3) is 11.5 Å². The van der Waals surface area contributed by atoms with E-state index in [-0.39, 0.29) is 17.3 Å². The zero-order valence-corrected chi connectivity index (χ0v) is 21.7. The second-order valence-corrected chi connectivity index (χ2v) is 9.23. The Labute approximate surface area is 212 Å². The molecule has 3 aromatic rings. The Kier molecular flexibility index (Phi) is 7.40. The SMILES string of the molecule is CCN(CC)C(=O)C1=C(C)N=c2s/c(=C/c3ccc(F)cc3)c(=O)n2[C@H]1c1cc(OC)ccc1OC. The number of amides is 1. The molecule has 4 rings (SSSR count). The van der Waals surface area contributed by atoms with E-state index in [0.717, 1.165) is 0 Å². The van der Waals surface area contributed by atoms with E-state index < -0.39 is 6.04 Å². The predicted molar refractivity (Wildman–Crippen MR) is 138 cm³/mol. The third-order valence-corrected chi connectivity index (χ3v) is 7.18. The fourth-order valence-corrected chi connectivity index (χ4v) is 5.38. The highest BCUT2D eigenvalue weighted by molar-refractivity contribution is 7.07. The summed E-state index contributed by atoms with van der Waals surface area (Å²) in [6.45, 7) is 6.65. The lowest BCUT2D eigenvalue weighted by molar-refractivity contribution is -0.127. The zero-order chi connectivity index (χ0) is 26.0. The van der Waals surface area contributed by atoms with Crippen molar-refractivity contribution in [2.45, 2.75) is 26.8 Å². The van der Waals surface area contributed by atoms with E-state index in [0.29, 0.717) is 56.3 Å². The quantitative estimate of drug-likeness (QED) is 0.490. The van der Waals surface area contributed by atoms with Crippen LogP contribution in [0.1, 0.15) is 37.9 Å². The van der Waals surface area contributed by atoms with Gasteiger partial charge in [0.2, 0.25) is 0 Å². The molecule has 0 unspecified atom stereocenters. The molecule has 2 heterocycles. The van der Waals surface area contributed by atoms with Crippen LogP contribution in [0.3, 0.4) is 0 Å². The van der Waals surface area contributed by atoms with Gasteiger partial charge in [-0.15, -0.1) is 0 Å². The maximum absolute atomic E-state index is 13.8. The summed E-state index contributed by atoms with van der Waals surface area (Å²) in [7, 11) is 3.11. The third-order valence-electron chi connectivity index (χ3n) is 6.20. The van der Waals surface area contributed by atoms with E-state index in [2.05, 4.69) is 4.99 Å². The molecule has 7 nitrogen and oxygen atoms in total. The Morgan fingerprint density at radius 1 is 1.14 bits per heavy atom. The van der Waals surface area contributed by atoms with Crippen LogP contribution in [0, 0.1) is 5.82 Å². The van der Waals surface area contributed by atoms with Gasteiger partial charge in [0.05, 0.1) is 30.0 Å². The Morgan fingerprint density at radius 3 is 2.44 bits per heavy atom. The van der Waals surface area contributed by atoms with Crippen LogP contribution in [0.4, 0.5) is 4.39 Å². The van der Waals surface area contributed by atoms with Crippen LogP contribution in [-0.2, 0) is 4.79 Å². The number of thiazole rings is 1. The molecule has 0 spiro atoms. The first-order chi connectivity index (χ1) is 17.3. The van der Waals surface area contributed by atoms with Crippen molar-refractivity contribution in [1.29, 1.82) is 0 Å². The largest absolute Gasteiger partial charge is 0.497 e. The maximum atomic E-state index is 13.8. The number of carbonyl (C=O) groups is 1. The number of nitrogens with zero attached hydrogens (tertiary/aromatic N) is 3. The van der Waals surface area contributed by atoms with Crippen LogP contribution >= 0.6 is 11.3 Å². The number of halogens is 1. The van der Waals surface area contributed by atoms with Crippen molar-refractivity contribution in [2.24, 2.45) is 4.99 Å². The minimum absolute atomic E-state index is 0.191. The van der Waals surface area contributed by atoms with Crippen LogP contribution in [-0.4, -0.2) is 42.7 Å². The van der Waals surface area contributed by atoms with E-state index >= 15 is 0 Å². The Bertz CT molecular complexity index is 1500. The average Bonchev–Trinajstić information content (AvgIpc) is 3.18. The lowest BCUT2D eigenvalue weighted by Crippen LogP contribution is -2.43. The fraction of sp³-hybridized carbons (Fsp3) is 0.296. The Balaban J connectivity index is 2.02. The average molecular weight is 510 g/mol. The van der Waals surface area contributed by atoms with E-state index in [1.54, 1.807) is 67.0 Å². The number of rotatable bonds is 7. The van der Waals surface area contributed by atoms with Gasteiger partial charge >= 0.3 is 0 Å². The molecule has 9 heteroatoms. The van der Waals surface area contributed by atoms with Crippen molar-refractivity contribution in [3.05, 3.63) is 90.4 Å². The Morgan fingerprint density at radius 2 is 1.83 bits per heavy atom.